The molecule has 1 amide bonds. The zero-order valence-corrected chi connectivity index (χ0v) is 17.8. The predicted molar refractivity (Wildman–Crippen MR) is 111 cm³/mol. The highest BCUT2D eigenvalue weighted by atomic mass is 35.5. The molecule has 1 aromatic rings. The van der Waals surface area contributed by atoms with Crippen LogP contribution in [-0.2, 0) is 16.1 Å². The van der Waals surface area contributed by atoms with Gasteiger partial charge in [-0.25, -0.2) is 0 Å². The van der Waals surface area contributed by atoms with Gasteiger partial charge in [-0.2, -0.15) is 0 Å². The van der Waals surface area contributed by atoms with Gasteiger partial charge >= 0.3 is 0 Å². The van der Waals surface area contributed by atoms with E-state index in [2.05, 4.69) is 16.7 Å². The molecule has 1 fully saturated rings. The second-order valence-corrected chi connectivity index (χ2v) is 8.13. The van der Waals surface area contributed by atoms with Crippen molar-refractivity contribution in [1.82, 2.24) is 14.7 Å². The van der Waals surface area contributed by atoms with Gasteiger partial charge < -0.3 is 14.4 Å². The molecule has 0 aromatic heterocycles. The van der Waals surface area contributed by atoms with Crippen molar-refractivity contribution in [1.29, 1.82) is 0 Å². The molecule has 0 spiro atoms. The van der Waals surface area contributed by atoms with Gasteiger partial charge in [0.1, 0.15) is 11.9 Å². The zero-order chi connectivity index (χ0) is 19.9. The fraction of sp³-hybridized carbons (Fsp3) is 0.667. The lowest BCUT2D eigenvalue weighted by atomic mass is 10.2. The lowest BCUT2D eigenvalue weighted by Crippen LogP contribution is -2.42. The van der Waals surface area contributed by atoms with E-state index in [9.17, 15) is 4.79 Å². The van der Waals surface area contributed by atoms with E-state index in [-0.39, 0.29) is 12.0 Å². The number of ether oxygens (including phenoxy) is 2. The number of amides is 1. The van der Waals surface area contributed by atoms with Gasteiger partial charge in [-0.3, -0.25) is 14.6 Å². The first-order valence-electron chi connectivity index (χ1n) is 10.3. The van der Waals surface area contributed by atoms with Gasteiger partial charge in [0.15, 0.2) is 0 Å². The van der Waals surface area contributed by atoms with Crippen LogP contribution in [-0.4, -0.2) is 86.2 Å². The van der Waals surface area contributed by atoms with Crippen LogP contribution in [0.1, 0.15) is 25.3 Å². The fourth-order valence-corrected chi connectivity index (χ4v) is 3.87. The van der Waals surface area contributed by atoms with Gasteiger partial charge in [0.05, 0.1) is 19.8 Å². The van der Waals surface area contributed by atoms with Crippen LogP contribution in [0.4, 0.5) is 0 Å². The van der Waals surface area contributed by atoms with Crippen molar-refractivity contribution < 1.29 is 14.3 Å². The normalized spacial score (nSPS) is 20.9. The van der Waals surface area contributed by atoms with Gasteiger partial charge in [0, 0.05) is 56.9 Å². The highest BCUT2D eigenvalue weighted by molar-refractivity contribution is 6.30. The lowest BCUT2D eigenvalue weighted by molar-refractivity contribution is -0.131. The summed E-state index contributed by atoms with van der Waals surface area (Å²) in [5.41, 5.74) is 1.09. The fourth-order valence-electron chi connectivity index (χ4n) is 3.70. The quantitative estimate of drug-likeness (QED) is 0.692. The van der Waals surface area contributed by atoms with E-state index in [0.717, 1.165) is 70.1 Å². The standard InChI is InChI=1S/C21H32ClN3O3/c1-3-19-15-25(14-17-5-6-18(22)13-20(17)28-19)16-21(26)23(2)7-4-8-24-9-11-27-12-10-24/h5-6,13,19H,3-4,7-12,14-16H2,1-2H3. The first kappa shape index (κ1) is 21.4. The van der Waals surface area contributed by atoms with Crippen molar-refractivity contribution in [3.8, 4) is 5.75 Å². The molecule has 1 aromatic carbocycles. The minimum absolute atomic E-state index is 0.0687. The highest BCUT2D eigenvalue weighted by Gasteiger charge is 2.24. The zero-order valence-electron chi connectivity index (χ0n) is 17.0. The van der Waals surface area contributed by atoms with Crippen LogP contribution in [0.3, 0.4) is 0 Å². The summed E-state index contributed by atoms with van der Waals surface area (Å²) in [7, 11) is 1.90. The molecule has 7 heteroatoms. The maximum atomic E-state index is 12.8. The molecule has 156 valence electrons. The van der Waals surface area contributed by atoms with Crippen molar-refractivity contribution in [2.45, 2.75) is 32.4 Å². The Balaban J connectivity index is 1.50. The summed E-state index contributed by atoms with van der Waals surface area (Å²) in [6.45, 7) is 9.39. The molecular weight excluding hydrogens is 378 g/mol. The van der Waals surface area contributed by atoms with Crippen molar-refractivity contribution in [3.05, 3.63) is 28.8 Å². The number of likely N-dealkylation sites (N-methyl/N-ethyl adjacent to an activating group) is 1. The van der Waals surface area contributed by atoms with Gasteiger partial charge in [-0.15, -0.1) is 0 Å². The Hall–Kier alpha value is -1.34. The van der Waals surface area contributed by atoms with E-state index in [4.69, 9.17) is 21.1 Å². The number of hydrogen-bond acceptors (Lipinski definition) is 5. The summed E-state index contributed by atoms with van der Waals surface area (Å²) in [6.07, 6.45) is 1.95. The number of fused-ring (bicyclic) bond motifs is 1. The average Bonchev–Trinajstić information content (AvgIpc) is 2.87. The average molecular weight is 410 g/mol. The number of carbonyl (C=O) groups excluding carboxylic acids is 1. The predicted octanol–water partition coefficient (Wildman–Crippen LogP) is 2.49. The molecule has 0 aliphatic carbocycles. The van der Waals surface area contributed by atoms with E-state index in [1.165, 1.54) is 0 Å². The summed E-state index contributed by atoms with van der Waals surface area (Å²) >= 11 is 6.12. The Morgan fingerprint density at radius 3 is 2.82 bits per heavy atom. The third kappa shape index (κ3) is 6.08. The number of morpholine rings is 1. The molecule has 1 atom stereocenters. The third-order valence-corrected chi connectivity index (χ3v) is 5.73. The van der Waals surface area contributed by atoms with Gasteiger partial charge in [0.2, 0.25) is 5.91 Å². The Labute approximate surface area is 173 Å². The van der Waals surface area contributed by atoms with E-state index >= 15 is 0 Å². The molecular formula is C21H32ClN3O3. The minimum atomic E-state index is 0.0687. The summed E-state index contributed by atoms with van der Waals surface area (Å²) in [4.78, 5) is 19.2. The Kier molecular flexibility index (Phi) is 7.97. The monoisotopic (exact) mass is 409 g/mol. The van der Waals surface area contributed by atoms with Crippen LogP contribution >= 0.6 is 11.6 Å². The van der Waals surface area contributed by atoms with Gasteiger partial charge in [-0.05, 0) is 25.0 Å². The number of nitrogens with zero attached hydrogens (tertiary/aromatic N) is 3. The molecule has 1 saturated heterocycles. The molecule has 28 heavy (non-hydrogen) atoms. The Bertz CT molecular complexity index is 652. The molecule has 2 heterocycles. The van der Waals surface area contributed by atoms with Crippen molar-refractivity contribution >= 4 is 17.5 Å². The summed E-state index contributed by atoms with van der Waals surface area (Å²) < 4.78 is 11.5. The molecule has 2 aliphatic rings. The SMILES string of the molecule is CCC1CN(CC(=O)N(C)CCCN2CCOCC2)Cc2ccc(Cl)cc2O1. The highest BCUT2D eigenvalue weighted by Crippen LogP contribution is 2.29. The van der Waals surface area contributed by atoms with Crippen LogP contribution in [0.2, 0.25) is 5.02 Å². The Morgan fingerprint density at radius 1 is 1.29 bits per heavy atom. The van der Waals surface area contributed by atoms with Crippen molar-refractivity contribution in [3.63, 3.8) is 0 Å². The van der Waals surface area contributed by atoms with Crippen LogP contribution in [0.25, 0.3) is 0 Å². The largest absolute Gasteiger partial charge is 0.489 e. The summed E-state index contributed by atoms with van der Waals surface area (Å²) in [5.74, 6) is 1.00. The van der Waals surface area contributed by atoms with E-state index in [1.807, 2.05) is 30.1 Å². The summed E-state index contributed by atoms with van der Waals surface area (Å²) in [5, 5.41) is 0.679. The van der Waals surface area contributed by atoms with Gasteiger partial charge in [0.25, 0.3) is 0 Å². The van der Waals surface area contributed by atoms with Crippen molar-refractivity contribution in [2.24, 2.45) is 0 Å². The third-order valence-electron chi connectivity index (χ3n) is 5.49. The number of benzene rings is 1. The lowest BCUT2D eigenvalue weighted by Gasteiger charge is -2.28. The maximum Gasteiger partial charge on any atom is 0.236 e. The first-order chi connectivity index (χ1) is 13.5. The molecule has 0 saturated carbocycles. The van der Waals surface area contributed by atoms with Crippen LogP contribution < -0.4 is 4.74 Å². The second-order valence-electron chi connectivity index (χ2n) is 7.69. The van der Waals surface area contributed by atoms with Crippen LogP contribution in [0.5, 0.6) is 5.75 Å². The second kappa shape index (κ2) is 10.4. The first-order valence-corrected chi connectivity index (χ1v) is 10.6. The Morgan fingerprint density at radius 2 is 2.07 bits per heavy atom. The number of hydrogen-bond donors (Lipinski definition) is 0. The van der Waals surface area contributed by atoms with Crippen molar-refractivity contribution in [2.75, 3.05) is 59.5 Å². The summed E-state index contributed by atoms with van der Waals surface area (Å²) in [6, 6.07) is 5.76. The number of carbonyl (C=O) groups is 1. The molecule has 6 nitrogen and oxygen atoms in total. The maximum absolute atomic E-state index is 12.8. The van der Waals surface area contributed by atoms with E-state index < -0.39 is 0 Å². The smallest absolute Gasteiger partial charge is 0.236 e. The molecule has 2 aliphatic heterocycles. The van der Waals surface area contributed by atoms with Crippen LogP contribution in [0.15, 0.2) is 18.2 Å². The van der Waals surface area contributed by atoms with Crippen LogP contribution in [0, 0.1) is 0 Å². The van der Waals surface area contributed by atoms with Gasteiger partial charge in [-0.1, -0.05) is 24.6 Å². The molecule has 0 radical (unpaired) electrons. The molecule has 0 N–H and O–H groups in total. The topological polar surface area (TPSA) is 45.3 Å². The molecule has 1 unspecified atom stereocenters. The molecule has 3 rings (SSSR count). The van der Waals surface area contributed by atoms with E-state index in [0.29, 0.717) is 18.1 Å². The number of halogens is 1. The number of rotatable bonds is 7. The minimum Gasteiger partial charge on any atom is -0.489 e. The van der Waals surface area contributed by atoms with E-state index in [1.54, 1.807) is 0 Å². The molecule has 0 bridgehead atoms.